The third kappa shape index (κ3) is 2.24. The number of carboxylic acid groups (broad SMARTS) is 1. The van der Waals surface area contributed by atoms with Gasteiger partial charge >= 0.3 is 5.97 Å². The third-order valence-electron chi connectivity index (χ3n) is 2.79. The lowest BCUT2D eigenvalue weighted by Gasteiger charge is -2.08. The molecule has 0 radical (unpaired) electrons. The Morgan fingerprint density at radius 1 is 1.42 bits per heavy atom. The number of aliphatic carboxylic acids is 1. The van der Waals surface area contributed by atoms with Crippen molar-refractivity contribution >= 4 is 16.9 Å². The van der Waals surface area contributed by atoms with Crippen LogP contribution in [-0.2, 0) is 11.2 Å². The lowest BCUT2D eigenvalue weighted by molar-refractivity contribution is -0.136. The van der Waals surface area contributed by atoms with Crippen molar-refractivity contribution in [1.29, 1.82) is 0 Å². The van der Waals surface area contributed by atoms with Crippen molar-refractivity contribution < 1.29 is 24.2 Å². The van der Waals surface area contributed by atoms with Crippen LogP contribution in [0.5, 0.6) is 11.5 Å². The van der Waals surface area contributed by atoms with Gasteiger partial charge in [-0.2, -0.15) is 0 Å². The Morgan fingerprint density at radius 3 is 2.68 bits per heavy atom. The largest absolute Gasteiger partial charge is 0.508 e. The average molecular weight is 264 g/mol. The second-order valence-electron chi connectivity index (χ2n) is 4.06. The fourth-order valence-electron chi connectivity index (χ4n) is 1.93. The number of aryl methyl sites for hydroxylation is 1. The first-order valence-electron chi connectivity index (χ1n) is 5.49. The summed E-state index contributed by atoms with van der Waals surface area (Å²) < 4.78 is 10.4. The Labute approximate surface area is 107 Å². The molecule has 0 bridgehead atoms. The Morgan fingerprint density at radius 2 is 2.11 bits per heavy atom. The van der Waals surface area contributed by atoms with Gasteiger partial charge in [-0.25, -0.2) is 0 Å². The number of fused-ring (bicyclic) bond motifs is 1. The highest BCUT2D eigenvalue weighted by molar-refractivity contribution is 5.86. The smallest absolute Gasteiger partial charge is 0.308 e. The summed E-state index contributed by atoms with van der Waals surface area (Å²) in [5.41, 5.74) is -0.226. The molecule has 0 saturated heterocycles. The molecular formula is C13H12O6. The van der Waals surface area contributed by atoms with Gasteiger partial charge < -0.3 is 19.4 Å². The monoisotopic (exact) mass is 264 g/mol. The molecule has 1 heterocycles. The molecule has 0 saturated carbocycles. The molecular weight excluding hydrogens is 252 g/mol. The lowest BCUT2D eigenvalue weighted by Crippen LogP contribution is -2.16. The number of carboxylic acids is 1. The highest BCUT2D eigenvalue weighted by atomic mass is 16.5. The van der Waals surface area contributed by atoms with Crippen LogP contribution in [-0.4, -0.2) is 23.3 Å². The van der Waals surface area contributed by atoms with E-state index in [0.717, 1.165) is 0 Å². The molecule has 6 heteroatoms. The Hall–Kier alpha value is -2.50. The van der Waals surface area contributed by atoms with Gasteiger partial charge in [0.05, 0.1) is 13.5 Å². The number of aromatic hydroxyl groups is 1. The molecule has 0 amide bonds. The number of benzene rings is 1. The predicted octanol–water partition coefficient (Wildman–Crippen LogP) is 1.44. The number of hydrogen-bond acceptors (Lipinski definition) is 5. The quantitative estimate of drug-likeness (QED) is 0.870. The van der Waals surface area contributed by atoms with Crippen LogP contribution in [0.25, 0.3) is 11.0 Å². The highest BCUT2D eigenvalue weighted by Gasteiger charge is 2.18. The summed E-state index contributed by atoms with van der Waals surface area (Å²) in [5.74, 6) is -0.853. The zero-order valence-electron chi connectivity index (χ0n) is 10.4. The number of ether oxygens (including phenoxy) is 1. The minimum absolute atomic E-state index is 0.0731. The Balaban J connectivity index is 2.86. The topological polar surface area (TPSA) is 97.0 Å². The molecule has 2 N–H and O–H groups in total. The molecule has 0 fully saturated rings. The molecule has 2 rings (SSSR count). The molecule has 0 aliphatic heterocycles. The standard InChI is InChI=1S/C13H12O6/c1-6-8(5-11(15)16)13(17)12-9(18-2)3-7(14)4-10(12)19-6/h3-4,14H,5H2,1-2H3,(H,15,16). The fourth-order valence-corrected chi connectivity index (χ4v) is 1.93. The van der Waals surface area contributed by atoms with Crippen molar-refractivity contribution in [3.8, 4) is 11.5 Å². The van der Waals surface area contributed by atoms with Gasteiger partial charge in [0, 0.05) is 17.7 Å². The van der Waals surface area contributed by atoms with Gasteiger partial charge in [0.2, 0.25) is 0 Å². The number of phenolic OH excluding ortho intramolecular Hbond substituents is 1. The normalized spacial score (nSPS) is 10.6. The van der Waals surface area contributed by atoms with E-state index in [9.17, 15) is 14.7 Å². The van der Waals surface area contributed by atoms with Crippen molar-refractivity contribution in [3.05, 3.63) is 33.7 Å². The lowest BCUT2D eigenvalue weighted by atomic mass is 10.1. The van der Waals surface area contributed by atoms with Crippen LogP contribution < -0.4 is 10.2 Å². The maximum atomic E-state index is 12.3. The first-order chi connectivity index (χ1) is 8.93. The predicted molar refractivity (Wildman–Crippen MR) is 66.8 cm³/mol. The van der Waals surface area contributed by atoms with Crippen LogP contribution in [0.15, 0.2) is 21.3 Å². The maximum absolute atomic E-state index is 12.3. The molecule has 2 aromatic rings. The van der Waals surface area contributed by atoms with Gasteiger partial charge in [-0.05, 0) is 6.92 Å². The Kier molecular flexibility index (Phi) is 3.16. The van der Waals surface area contributed by atoms with E-state index in [1.807, 2.05) is 0 Å². The second kappa shape index (κ2) is 4.64. The van der Waals surface area contributed by atoms with Crippen LogP contribution in [0.2, 0.25) is 0 Å². The van der Waals surface area contributed by atoms with E-state index in [1.54, 1.807) is 0 Å². The first kappa shape index (κ1) is 12.9. The van der Waals surface area contributed by atoms with Crippen LogP contribution >= 0.6 is 0 Å². The minimum Gasteiger partial charge on any atom is -0.508 e. The zero-order valence-corrected chi connectivity index (χ0v) is 10.4. The van der Waals surface area contributed by atoms with Gasteiger partial charge in [0.1, 0.15) is 28.2 Å². The number of rotatable bonds is 3. The minimum atomic E-state index is -1.12. The molecule has 0 unspecified atom stereocenters. The average Bonchev–Trinajstić information content (AvgIpc) is 2.32. The summed E-state index contributed by atoms with van der Waals surface area (Å²) in [6, 6.07) is 2.57. The molecule has 0 spiro atoms. The molecule has 100 valence electrons. The summed E-state index contributed by atoms with van der Waals surface area (Å²) in [4.78, 5) is 23.1. The van der Waals surface area contributed by atoms with Gasteiger partial charge in [-0.3, -0.25) is 9.59 Å². The fraction of sp³-hybridized carbons (Fsp3) is 0.231. The summed E-state index contributed by atoms with van der Waals surface area (Å²) in [7, 11) is 1.35. The van der Waals surface area contributed by atoms with Gasteiger partial charge in [-0.15, -0.1) is 0 Å². The van der Waals surface area contributed by atoms with Crippen LogP contribution in [0.1, 0.15) is 11.3 Å². The van der Waals surface area contributed by atoms with Crippen molar-refractivity contribution in [2.45, 2.75) is 13.3 Å². The summed E-state index contributed by atoms with van der Waals surface area (Å²) in [6.07, 6.45) is -0.422. The maximum Gasteiger partial charge on any atom is 0.308 e. The second-order valence-corrected chi connectivity index (χ2v) is 4.06. The highest BCUT2D eigenvalue weighted by Crippen LogP contribution is 2.29. The van der Waals surface area contributed by atoms with Crippen molar-refractivity contribution in [2.24, 2.45) is 0 Å². The Bertz CT molecular complexity index is 713. The van der Waals surface area contributed by atoms with E-state index >= 15 is 0 Å². The number of hydrogen-bond donors (Lipinski definition) is 2. The van der Waals surface area contributed by atoms with E-state index in [1.165, 1.54) is 26.2 Å². The van der Waals surface area contributed by atoms with Gasteiger partial charge in [0.15, 0.2) is 5.43 Å². The van der Waals surface area contributed by atoms with E-state index in [-0.39, 0.29) is 33.8 Å². The first-order valence-corrected chi connectivity index (χ1v) is 5.49. The molecule has 6 nitrogen and oxygen atoms in total. The number of phenols is 1. The van der Waals surface area contributed by atoms with Crippen molar-refractivity contribution in [3.63, 3.8) is 0 Å². The van der Waals surface area contributed by atoms with Gasteiger partial charge in [0.25, 0.3) is 0 Å². The number of carbonyl (C=O) groups is 1. The van der Waals surface area contributed by atoms with Crippen LogP contribution in [0.4, 0.5) is 0 Å². The van der Waals surface area contributed by atoms with E-state index in [0.29, 0.717) is 0 Å². The molecule has 19 heavy (non-hydrogen) atoms. The SMILES string of the molecule is COc1cc(O)cc2oc(C)c(CC(=O)O)c(=O)c12. The summed E-state index contributed by atoms with van der Waals surface area (Å²) >= 11 is 0. The van der Waals surface area contributed by atoms with E-state index in [4.69, 9.17) is 14.3 Å². The van der Waals surface area contributed by atoms with Crippen molar-refractivity contribution in [1.82, 2.24) is 0 Å². The summed E-state index contributed by atoms with van der Waals surface area (Å²) in [6.45, 7) is 1.51. The van der Waals surface area contributed by atoms with E-state index in [2.05, 4.69) is 0 Å². The molecule has 1 aromatic carbocycles. The third-order valence-corrected chi connectivity index (χ3v) is 2.79. The molecule has 0 atom stereocenters. The van der Waals surface area contributed by atoms with Crippen molar-refractivity contribution in [2.75, 3.05) is 7.11 Å². The zero-order chi connectivity index (χ0) is 14.2. The van der Waals surface area contributed by atoms with Crippen LogP contribution in [0, 0.1) is 6.92 Å². The summed E-state index contributed by atoms with van der Waals surface area (Å²) in [5, 5.41) is 18.4. The molecule has 1 aromatic heterocycles. The number of methoxy groups -OCH3 is 1. The van der Waals surface area contributed by atoms with E-state index < -0.39 is 17.8 Å². The van der Waals surface area contributed by atoms with Crippen LogP contribution in [0.3, 0.4) is 0 Å². The molecule has 0 aliphatic rings. The van der Waals surface area contributed by atoms with Gasteiger partial charge in [-0.1, -0.05) is 0 Å². The molecule has 0 aliphatic carbocycles.